The van der Waals surface area contributed by atoms with Crippen LogP contribution in [0.4, 0.5) is 0 Å². The summed E-state index contributed by atoms with van der Waals surface area (Å²) in [7, 11) is 0. The standard InChI is InChI=1S/C28H54O6/c1-3-5-7-9-11-13-15-17-19-21-23-33-25(27(29)30)26(28(31)32)34-24-22-20-18-16-14-12-10-8-6-4-2/h25-26H,3-24H2,1-2H3,(H,29,30)(H,31,32). The number of carboxylic acid groups (broad SMARTS) is 2. The average Bonchev–Trinajstić information content (AvgIpc) is 2.81. The number of ether oxygens (including phenoxy) is 2. The van der Waals surface area contributed by atoms with Crippen LogP contribution in [0.3, 0.4) is 0 Å². The van der Waals surface area contributed by atoms with Crippen LogP contribution in [0.1, 0.15) is 142 Å². The van der Waals surface area contributed by atoms with Crippen molar-refractivity contribution in [2.75, 3.05) is 13.2 Å². The van der Waals surface area contributed by atoms with Gasteiger partial charge in [0.15, 0.2) is 12.2 Å². The van der Waals surface area contributed by atoms with E-state index in [0.717, 1.165) is 38.5 Å². The second-order valence-electron chi connectivity index (χ2n) is 9.62. The molecule has 0 amide bonds. The van der Waals surface area contributed by atoms with Crippen molar-refractivity contribution < 1.29 is 29.3 Å². The molecule has 202 valence electrons. The van der Waals surface area contributed by atoms with Gasteiger partial charge >= 0.3 is 11.9 Å². The van der Waals surface area contributed by atoms with Crippen molar-refractivity contribution in [2.24, 2.45) is 0 Å². The first-order valence-electron chi connectivity index (χ1n) is 14.2. The zero-order valence-electron chi connectivity index (χ0n) is 22.2. The Morgan fingerprint density at radius 3 is 0.941 bits per heavy atom. The fourth-order valence-electron chi connectivity index (χ4n) is 4.18. The normalized spacial score (nSPS) is 13.1. The molecular formula is C28H54O6. The maximum Gasteiger partial charge on any atom is 0.336 e. The van der Waals surface area contributed by atoms with Gasteiger partial charge in [0.05, 0.1) is 0 Å². The Morgan fingerprint density at radius 1 is 0.471 bits per heavy atom. The molecule has 0 aliphatic rings. The van der Waals surface area contributed by atoms with Gasteiger partial charge in [0.2, 0.25) is 0 Å². The molecule has 34 heavy (non-hydrogen) atoms. The molecule has 0 aromatic rings. The van der Waals surface area contributed by atoms with Gasteiger partial charge in [0.1, 0.15) is 0 Å². The van der Waals surface area contributed by atoms with Crippen molar-refractivity contribution in [3.05, 3.63) is 0 Å². The van der Waals surface area contributed by atoms with Gasteiger partial charge < -0.3 is 19.7 Å². The molecule has 0 aliphatic carbocycles. The Balaban J connectivity index is 3.92. The quantitative estimate of drug-likeness (QED) is 0.115. The van der Waals surface area contributed by atoms with Crippen LogP contribution in [0.2, 0.25) is 0 Å². The zero-order valence-corrected chi connectivity index (χ0v) is 22.2. The summed E-state index contributed by atoms with van der Waals surface area (Å²) in [6.07, 6.45) is 20.6. The molecule has 0 rings (SSSR count). The summed E-state index contributed by atoms with van der Waals surface area (Å²) < 4.78 is 10.9. The van der Waals surface area contributed by atoms with Crippen molar-refractivity contribution >= 4 is 11.9 Å². The molecule has 2 atom stereocenters. The minimum absolute atomic E-state index is 0.249. The van der Waals surface area contributed by atoms with Gasteiger partial charge in [-0.2, -0.15) is 0 Å². The molecular weight excluding hydrogens is 432 g/mol. The van der Waals surface area contributed by atoms with Gasteiger partial charge in [0.25, 0.3) is 0 Å². The third kappa shape index (κ3) is 20.3. The van der Waals surface area contributed by atoms with Crippen LogP contribution < -0.4 is 0 Å². The summed E-state index contributed by atoms with van der Waals surface area (Å²) in [6, 6.07) is 0. The summed E-state index contributed by atoms with van der Waals surface area (Å²) in [6.45, 7) is 4.94. The van der Waals surface area contributed by atoms with Crippen LogP contribution in [0, 0.1) is 0 Å². The maximum absolute atomic E-state index is 11.6. The third-order valence-corrected chi connectivity index (χ3v) is 6.35. The molecule has 0 spiro atoms. The van der Waals surface area contributed by atoms with Crippen LogP contribution in [-0.4, -0.2) is 47.6 Å². The average molecular weight is 487 g/mol. The Labute approximate surface area is 209 Å². The highest BCUT2D eigenvalue weighted by atomic mass is 16.6. The predicted octanol–water partition coefficient (Wildman–Crippen LogP) is 7.77. The predicted molar refractivity (Wildman–Crippen MR) is 138 cm³/mol. The monoisotopic (exact) mass is 486 g/mol. The zero-order chi connectivity index (χ0) is 25.3. The van der Waals surface area contributed by atoms with Crippen LogP contribution in [0.5, 0.6) is 0 Å². The fraction of sp³-hybridized carbons (Fsp3) is 0.929. The fourth-order valence-corrected chi connectivity index (χ4v) is 4.18. The van der Waals surface area contributed by atoms with Crippen molar-refractivity contribution in [1.29, 1.82) is 0 Å². The lowest BCUT2D eigenvalue weighted by molar-refractivity contribution is -0.176. The van der Waals surface area contributed by atoms with Crippen molar-refractivity contribution in [1.82, 2.24) is 0 Å². The van der Waals surface area contributed by atoms with Crippen LogP contribution >= 0.6 is 0 Å². The van der Waals surface area contributed by atoms with Gasteiger partial charge in [-0.1, -0.05) is 129 Å². The molecule has 2 N–H and O–H groups in total. The Hall–Kier alpha value is -1.14. The highest BCUT2D eigenvalue weighted by Crippen LogP contribution is 2.14. The number of hydrogen-bond acceptors (Lipinski definition) is 4. The molecule has 0 fully saturated rings. The molecule has 0 aliphatic heterocycles. The van der Waals surface area contributed by atoms with Gasteiger partial charge in [-0.05, 0) is 12.8 Å². The van der Waals surface area contributed by atoms with Crippen LogP contribution in [0.25, 0.3) is 0 Å². The van der Waals surface area contributed by atoms with E-state index >= 15 is 0 Å². The smallest absolute Gasteiger partial charge is 0.336 e. The Morgan fingerprint density at radius 2 is 0.706 bits per heavy atom. The van der Waals surface area contributed by atoms with E-state index in [1.807, 2.05) is 0 Å². The van der Waals surface area contributed by atoms with Crippen molar-refractivity contribution in [2.45, 2.75) is 154 Å². The maximum atomic E-state index is 11.6. The minimum atomic E-state index is -1.46. The number of unbranched alkanes of at least 4 members (excludes halogenated alkanes) is 18. The molecule has 6 nitrogen and oxygen atoms in total. The summed E-state index contributed by atoms with van der Waals surface area (Å²) in [5.41, 5.74) is 0. The van der Waals surface area contributed by atoms with Crippen LogP contribution in [0.15, 0.2) is 0 Å². The van der Waals surface area contributed by atoms with E-state index in [2.05, 4.69) is 13.8 Å². The first kappa shape index (κ1) is 32.9. The topological polar surface area (TPSA) is 93.1 Å². The van der Waals surface area contributed by atoms with E-state index in [-0.39, 0.29) is 13.2 Å². The number of rotatable bonds is 27. The summed E-state index contributed by atoms with van der Waals surface area (Å²) in [5, 5.41) is 18.9. The lowest BCUT2D eigenvalue weighted by atomic mass is 10.1. The number of carboxylic acids is 2. The van der Waals surface area contributed by atoms with E-state index in [1.54, 1.807) is 0 Å². The summed E-state index contributed by atoms with van der Waals surface area (Å²) in [4.78, 5) is 23.2. The SMILES string of the molecule is CCCCCCCCCCCCOC(C(=O)O)C(OCCCCCCCCCCCC)C(=O)O. The first-order chi connectivity index (χ1) is 16.5. The largest absolute Gasteiger partial charge is 0.479 e. The molecule has 0 saturated carbocycles. The summed E-state index contributed by atoms with van der Waals surface area (Å²) in [5.74, 6) is -2.55. The number of aliphatic carboxylic acids is 2. The van der Waals surface area contributed by atoms with E-state index in [4.69, 9.17) is 9.47 Å². The molecule has 0 aromatic heterocycles. The number of carbonyl (C=O) groups is 2. The minimum Gasteiger partial charge on any atom is -0.479 e. The lowest BCUT2D eigenvalue weighted by Crippen LogP contribution is -2.44. The van der Waals surface area contributed by atoms with E-state index in [1.165, 1.54) is 89.9 Å². The van der Waals surface area contributed by atoms with Crippen molar-refractivity contribution in [3.63, 3.8) is 0 Å². The Kier molecular flexibility index (Phi) is 24.1. The second kappa shape index (κ2) is 25.0. The Bertz CT molecular complexity index is 426. The molecule has 0 bridgehead atoms. The molecule has 0 radical (unpaired) electrons. The highest BCUT2D eigenvalue weighted by molar-refractivity contribution is 5.83. The molecule has 0 saturated heterocycles. The van der Waals surface area contributed by atoms with Gasteiger partial charge in [-0.3, -0.25) is 0 Å². The third-order valence-electron chi connectivity index (χ3n) is 6.35. The van der Waals surface area contributed by atoms with Gasteiger partial charge in [0, 0.05) is 13.2 Å². The van der Waals surface area contributed by atoms with E-state index in [9.17, 15) is 19.8 Å². The molecule has 2 unspecified atom stereocenters. The molecule has 0 aromatic carbocycles. The lowest BCUT2D eigenvalue weighted by Gasteiger charge is -2.21. The summed E-state index contributed by atoms with van der Waals surface area (Å²) >= 11 is 0. The van der Waals surface area contributed by atoms with Gasteiger partial charge in [-0.15, -0.1) is 0 Å². The first-order valence-corrected chi connectivity index (χ1v) is 14.2. The van der Waals surface area contributed by atoms with Gasteiger partial charge in [-0.25, -0.2) is 9.59 Å². The molecule has 6 heteroatoms. The van der Waals surface area contributed by atoms with E-state index < -0.39 is 24.1 Å². The van der Waals surface area contributed by atoms with Crippen LogP contribution in [-0.2, 0) is 19.1 Å². The highest BCUT2D eigenvalue weighted by Gasteiger charge is 2.35. The van der Waals surface area contributed by atoms with Crippen molar-refractivity contribution in [3.8, 4) is 0 Å². The number of hydrogen-bond donors (Lipinski definition) is 2. The molecule has 0 heterocycles. The van der Waals surface area contributed by atoms with E-state index in [0.29, 0.717) is 0 Å². The second-order valence-corrected chi connectivity index (χ2v) is 9.62.